The Morgan fingerprint density at radius 3 is 2.53 bits per heavy atom. The topological polar surface area (TPSA) is 66.0 Å². The molecule has 0 heterocycles. The molecule has 0 atom stereocenters. The van der Waals surface area contributed by atoms with Crippen molar-refractivity contribution in [3.8, 4) is 5.75 Å². The Kier molecular flexibility index (Phi) is 9.05. The first-order valence-corrected chi connectivity index (χ1v) is 9.75. The summed E-state index contributed by atoms with van der Waals surface area (Å²) < 4.78 is 29.2. The van der Waals surface area contributed by atoms with E-state index in [1.54, 1.807) is 43.3 Å². The van der Waals surface area contributed by atoms with E-state index in [0.717, 1.165) is 17.5 Å². The largest absolute Gasteiger partial charge is 0.435 e. The summed E-state index contributed by atoms with van der Waals surface area (Å²) >= 11 is 0. The number of guanidine groups is 1. The number of carbonyl (C=O) groups is 1. The van der Waals surface area contributed by atoms with Gasteiger partial charge in [0, 0.05) is 32.7 Å². The van der Waals surface area contributed by atoms with Crippen LogP contribution in [0.25, 0.3) is 0 Å². The van der Waals surface area contributed by atoms with Crippen LogP contribution < -0.4 is 15.4 Å². The molecule has 0 bridgehead atoms. The molecule has 0 aliphatic heterocycles. The first kappa shape index (κ1) is 23.1. The van der Waals surface area contributed by atoms with Gasteiger partial charge in [-0.2, -0.15) is 8.78 Å². The third-order valence-electron chi connectivity index (χ3n) is 4.17. The SMILES string of the molecule is CCNC(=NCc1cccc(OC(F)F)c1)NCCc1cccc(C(=O)N(C)C)c1. The lowest BCUT2D eigenvalue weighted by Crippen LogP contribution is -2.38. The molecule has 0 unspecified atom stereocenters. The molecule has 6 nitrogen and oxygen atoms in total. The van der Waals surface area contributed by atoms with Crippen LogP contribution in [0.4, 0.5) is 8.78 Å². The molecule has 0 spiro atoms. The molecule has 0 aliphatic carbocycles. The van der Waals surface area contributed by atoms with Crippen molar-refractivity contribution in [3.05, 3.63) is 65.2 Å². The van der Waals surface area contributed by atoms with E-state index in [2.05, 4.69) is 20.4 Å². The second kappa shape index (κ2) is 11.7. The van der Waals surface area contributed by atoms with Gasteiger partial charge in [0.15, 0.2) is 5.96 Å². The molecule has 0 saturated heterocycles. The van der Waals surface area contributed by atoms with Crippen molar-refractivity contribution in [1.29, 1.82) is 0 Å². The molecule has 1 amide bonds. The van der Waals surface area contributed by atoms with E-state index < -0.39 is 6.61 Å². The summed E-state index contributed by atoms with van der Waals surface area (Å²) in [5.41, 5.74) is 2.46. The molecular weight excluding hydrogens is 390 g/mol. The zero-order chi connectivity index (χ0) is 21.9. The van der Waals surface area contributed by atoms with E-state index in [1.165, 1.54) is 6.07 Å². The maximum Gasteiger partial charge on any atom is 0.387 e. The van der Waals surface area contributed by atoms with Crippen molar-refractivity contribution < 1.29 is 18.3 Å². The number of alkyl halides is 2. The van der Waals surface area contributed by atoms with Gasteiger partial charge in [-0.15, -0.1) is 0 Å². The van der Waals surface area contributed by atoms with E-state index in [9.17, 15) is 13.6 Å². The summed E-state index contributed by atoms with van der Waals surface area (Å²) in [7, 11) is 3.45. The minimum atomic E-state index is -2.85. The number of hydrogen-bond donors (Lipinski definition) is 2. The van der Waals surface area contributed by atoms with E-state index in [0.29, 0.717) is 31.2 Å². The third kappa shape index (κ3) is 7.69. The molecule has 162 valence electrons. The van der Waals surface area contributed by atoms with E-state index in [4.69, 9.17) is 0 Å². The highest BCUT2D eigenvalue weighted by molar-refractivity contribution is 5.94. The minimum absolute atomic E-state index is 0.0298. The number of carbonyl (C=O) groups excluding carboxylic acids is 1. The highest BCUT2D eigenvalue weighted by Crippen LogP contribution is 2.16. The van der Waals surface area contributed by atoms with Crippen LogP contribution in [0.15, 0.2) is 53.5 Å². The molecule has 0 fully saturated rings. The molecule has 2 aromatic carbocycles. The van der Waals surface area contributed by atoms with Gasteiger partial charge in [-0.3, -0.25) is 4.79 Å². The van der Waals surface area contributed by atoms with Crippen LogP contribution in [0.3, 0.4) is 0 Å². The number of aliphatic imine (C=N–C) groups is 1. The first-order chi connectivity index (χ1) is 14.4. The summed E-state index contributed by atoms with van der Waals surface area (Å²) in [6.07, 6.45) is 0.719. The molecule has 2 aromatic rings. The Hall–Kier alpha value is -3.16. The Morgan fingerprint density at radius 2 is 1.83 bits per heavy atom. The maximum absolute atomic E-state index is 12.4. The standard InChI is InChI=1S/C22H28F2N4O2/c1-4-25-22(27-15-17-8-6-10-19(14-17)30-21(23)24)26-12-11-16-7-5-9-18(13-16)20(29)28(2)3/h5-10,13-14,21H,4,11-12,15H2,1-3H3,(H2,25,26,27). The van der Waals surface area contributed by atoms with E-state index >= 15 is 0 Å². The molecule has 2 rings (SSSR count). The highest BCUT2D eigenvalue weighted by atomic mass is 19.3. The summed E-state index contributed by atoms with van der Waals surface area (Å²) in [6.45, 7) is 0.745. The Morgan fingerprint density at radius 1 is 1.10 bits per heavy atom. The van der Waals surface area contributed by atoms with Crippen LogP contribution in [0.5, 0.6) is 5.75 Å². The molecule has 0 saturated carbocycles. The van der Waals surface area contributed by atoms with Gasteiger partial charge in [0.1, 0.15) is 5.75 Å². The van der Waals surface area contributed by atoms with Crippen molar-refractivity contribution in [3.63, 3.8) is 0 Å². The van der Waals surface area contributed by atoms with Gasteiger partial charge in [-0.05, 0) is 48.7 Å². The van der Waals surface area contributed by atoms with Crippen LogP contribution in [0.2, 0.25) is 0 Å². The lowest BCUT2D eigenvalue weighted by Gasteiger charge is -2.13. The highest BCUT2D eigenvalue weighted by Gasteiger charge is 2.08. The van der Waals surface area contributed by atoms with Crippen LogP contribution in [0, 0.1) is 0 Å². The van der Waals surface area contributed by atoms with Crippen LogP contribution >= 0.6 is 0 Å². The molecule has 2 N–H and O–H groups in total. The monoisotopic (exact) mass is 418 g/mol. The van der Waals surface area contributed by atoms with E-state index in [-0.39, 0.29) is 11.7 Å². The number of benzene rings is 2. The fraction of sp³-hybridized carbons (Fsp3) is 0.364. The lowest BCUT2D eigenvalue weighted by atomic mass is 10.1. The Balaban J connectivity index is 1.94. The average molecular weight is 418 g/mol. The number of amides is 1. The summed E-state index contributed by atoms with van der Waals surface area (Å²) in [4.78, 5) is 18.1. The van der Waals surface area contributed by atoms with Gasteiger partial charge in [-0.25, -0.2) is 4.99 Å². The molecule has 0 aliphatic rings. The van der Waals surface area contributed by atoms with Crippen molar-refractivity contribution in [2.45, 2.75) is 26.5 Å². The molecule has 30 heavy (non-hydrogen) atoms. The lowest BCUT2D eigenvalue weighted by molar-refractivity contribution is -0.0498. The fourth-order valence-corrected chi connectivity index (χ4v) is 2.78. The summed E-state index contributed by atoms with van der Waals surface area (Å²) in [5, 5.41) is 6.41. The third-order valence-corrected chi connectivity index (χ3v) is 4.17. The number of halogens is 2. The van der Waals surface area contributed by atoms with Crippen LogP contribution in [0.1, 0.15) is 28.4 Å². The fourth-order valence-electron chi connectivity index (χ4n) is 2.78. The zero-order valence-electron chi connectivity index (χ0n) is 17.5. The zero-order valence-corrected chi connectivity index (χ0v) is 17.5. The number of nitrogens with zero attached hydrogens (tertiary/aromatic N) is 2. The quantitative estimate of drug-likeness (QED) is 0.485. The minimum Gasteiger partial charge on any atom is -0.435 e. The second-order valence-electron chi connectivity index (χ2n) is 6.80. The predicted molar refractivity (Wildman–Crippen MR) is 114 cm³/mol. The summed E-state index contributed by atoms with van der Waals surface area (Å²) in [5.74, 6) is 0.707. The van der Waals surface area contributed by atoms with Crippen LogP contribution in [-0.2, 0) is 13.0 Å². The average Bonchev–Trinajstić information content (AvgIpc) is 2.71. The normalized spacial score (nSPS) is 11.3. The smallest absolute Gasteiger partial charge is 0.387 e. The second-order valence-corrected chi connectivity index (χ2v) is 6.80. The molecule has 0 aromatic heterocycles. The van der Waals surface area contributed by atoms with Gasteiger partial charge < -0.3 is 20.3 Å². The molecule has 8 heteroatoms. The van der Waals surface area contributed by atoms with E-state index in [1.807, 2.05) is 25.1 Å². The van der Waals surface area contributed by atoms with Gasteiger partial charge in [0.2, 0.25) is 0 Å². The number of ether oxygens (including phenoxy) is 1. The van der Waals surface area contributed by atoms with Crippen molar-refractivity contribution >= 4 is 11.9 Å². The van der Waals surface area contributed by atoms with Gasteiger partial charge in [-0.1, -0.05) is 24.3 Å². The Labute approximate surface area is 175 Å². The maximum atomic E-state index is 12.4. The number of rotatable bonds is 9. The number of hydrogen-bond acceptors (Lipinski definition) is 3. The van der Waals surface area contributed by atoms with Gasteiger partial charge in [0.05, 0.1) is 6.54 Å². The first-order valence-electron chi connectivity index (χ1n) is 9.75. The van der Waals surface area contributed by atoms with Gasteiger partial charge >= 0.3 is 6.61 Å². The van der Waals surface area contributed by atoms with Crippen LogP contribution in [-0.4, -0.2) is 50.6 Å². The predicted octanol–water partition coefficient (Wildman–Crippen LogP) is 3.29. The van der Waals surface area contributed by atoms with Crippen molar-refractivity contribution in [1.82, 2.24) is 15.5 Å². The Bertz CT molecular complexity index is 857. The van der Waals surface area contributed by atoms with Crippen molar-refractivity contribution in [2.75, 3.05) is 27.2 Å². The number of nitrogens with one attached hydrogen (secondary N) is 2. The molecule has 0 radical (unpaired) electrons. The molecular formula is C22H28F2N4O2. The summed E-state index contributed by atoms with van der Waals surface area (Å²) in [6, 6.07) is 14.0. The van der Waals surface area contributed by atoms with Gasteiger partial charge in [0.25, 0.3) is 5.91 Å². The van der Waals surface area contributed by atoms with Crippen molar-refractivity contribution in [2.24, 2.45) is 4.99 Å².